The molecule has 2 heteroatoms. The molecule has 0 unspecified atom stereocenters. The lowest BCUT2D eigenvalue weighted by Crippen LogP contribution is -2.35. The number of fused-ring (bicyclic) bond motifs is 2. The van der Waals surface area contributed by atoms with E-state index in [1.807, 2.05) is 12.1 Å². The van der Waals surface area contributed by atoms with Gasteiger partial charge in [0.25, 0.3) is 0 Å². The van der Waals surface area contributed by atoms with Gasteiger partial charge in [0.15, 0.2) is 0 Å². The Balaban J connectivity index is 1.83. The summed E-state index contributed by atoms with van der Waals surface area (Å²) < 4.78 is 0. The summed E-state index contributed by atoms with van der Waals surface area (Å²) in [5.41, 5.74) is 1.34. The molecule has 1 saturated heterocycles. The largest absolute Gasteiger partial charge is 0.511 e. The fourth-order valence-corrected chi connectivity index (χ4v) is 3.01. The summed E-state index contributed by atoms with van der Waals surface area (Å²) in [6, 6.07) is 11.2. The molecular weight excluding hydrogens is 198 g/mol. The molecule has 0 radical (unpaired) electrons. The van der Waals surface area contributed by atoms with E-state index < -0.39 is 0 Å². The number of aliphatic hydroxyl groups is 1. The van der Waals surface area contributed by atoms with Crippen LogP contribution in [0.25, 0.3) is 0 Å². The van der Waals surface area contributed by atoms with E-state index in [0.717, 1.165) is 13.0 Å². The van der Waals surface area contributed by atoms with Crippen molar-refractivity contribution in [1.29, 1.82) is 0 Å². The summed E-state index contributed by atoms with van der Waals surface area (Å²) in [6.07, 6.45) is 3.13. The average molecular weight is 215 g/mol. The maximum absolute atomic E-state index is 9.81. The minimum Gasteiger partial charge on any atom is -0.511 e. The van der Waals surface area contributed by atoms with Crippen molar-refractivity contribution in [2.45, 2.75) is 25.4 Å². The molecule has 0 amide bonds. The average Bonchev–Trinajstić information content (AvgIpc) is 2.88. The van der Waals surface area contributed by atoms with E-state index in [9.17, 15) is 5.11 Å². The molecular formula is C14H17NO. The third kappa shape index (κ3) is 1.45. The van der Waals surface area contributed by atoms with Crippen molar-refractivity contribution in [1.82, 2.24) is 4.90 Å². The Kier molecular flexibility index (Phi) is 2.25. The lowest BCUT2D eigenvalue weighted by molar-refractivity contribution is 0.165. The highest BCUT2D eigenvalue weighted by Gasteiger charge is 2.41. The van der Waals surface area contributed by atoms with Gasteiger partial charge in [-0.1, -0.05) is 30.3 Å². The van der Waals surface area contributed by atoms with E-state index in [2.05, 4.69) is 36.1 Å². The number of aliphatic hydroxyl groups excluding tert-OH is 1. The van der Waals surface area contributed by atoms with Crippen LogP contribution in [0.1, 0.15) is 24.9 Å². The lowest BCUT2D eigenvalue weighted by atomic mass is 10.1. The first-order valence-electron chi connectivity index (χ1n) is 5.97. The maximum Gasteiger partial charge on any atom is 0.106 e. The van der Waals surface area contributed by atoms with Crippen LogP contribution >= 0.6 is 0 Å². The van der Waals surface area contributed by atoms with Gasteiger partial charge in [-0.3, -0.25) is 4.90 Å². The van der Waals surface area contributed by atoms with Crippen LogP contribution in [0.4, 0.5) is 0 Å². The Morgan fingerprint density at radius 2 is 2.06 bits per heavy atom. The number of hydrogen-bond acceptors (Lipinski definition) is 2. The summed E-state index contributed by atoms with van der Waals surface area (Å²) in [5, 5.41) is 9.81. The van der Waals surface area contributed by atoms with Crippen molar-refractivity contribution in [2.75, 3.05) is 6.54 Å². The molecule has 1 heterocycles. The minimum absolute atomic E-state index is 0.264. The second-order valence-electron chi connectivity index (χ2n) is 4.89. The highest BCUT2D eigenvalue weighted by atomic mass is 16.3. The number of likely N-dealkylation sites (tertiary alicyclic amines) is 1. The Hall–Kier alpha value is -1.28. The predicted molar refractivity (Wildman–Crippen MR) is 64.2 cm³/mol. The Morgan fingerprint density at radius 1 is 1.31 bits per heavy atom. The molecule has 1 aliphatic carbocycles. The molecule has 1 fully saturated rings. The molecule has 3 rings (SSSR count). The summed E-state index contributed by atoms with van der Waals surface area (Å²) in [6.45, 7) is 3.31. The number of hydrogen-bond donors (Lipinski definition) is 1. The molecule has 0 aromatic heterocycles. The first kappa shape index (κ1) is 9.91. The molecule has 1 aromatic carbocycles. The zero-order valence-electron chi connectivity index (χ0n) is 9.50. The van der Waals surface area contributed by atoms with Crippen LogP contribution in [0.2, 0.25) is 0 Å². The van der Waals surface area contributed by atoms with Gasteiger partial charge >= 0.3 is 0 Å². The Labute approximate surface area is 96.2 Å². The van der Waals surface area contributed by atoms with Gasteiger partial charge in [0, 0.05) is 12.6 Å². The molecule has 1 N–H and O–H groups in total. The highest BCUT2D eigenvalue weighted by molar-refractivity contribution is 5.24. The van der Waals surface area contributed by atoms with Gasteiger partial charge in [-0.15, -0.1) is 0 Å². The van der Waals surface area contributed by atoms with E-state index in [1.165, 1.54) is 5.56 Å². The first-order valence-corrected chi connectivity index (χ1v) is 5.97. The number of benzene rings is 1. The summed E-state index contributed by atoms with van der Waals surface area (Å²) in [4.78, 5) is 2.41. The lowest BCUT2D eigenvalue weighted by Gasteiger charge is -2.31. The Bertz CT molecular complexity index is 412. The van der Waals surface area contributed by atoms with E-state index in [1.54, 1.807) is 0 Å². The van der Waals surface area contributed by atoms with E-state index in [4.69, 9.17) is 0 Å². The van der Waals surface area contributed by atoms with Gasteiger partial charge in [-0.25, -0.2) is 0 Å². The SMILES string of the molecule is C[C@H](c1ccccc1)N1C[C@H]2C=C(O)[C@@H]1C2. The van der Waals surface area contributed by atoms with Crippen LogP contribution in [-0.2, 0) is 0 Å². The van der Waals surface area contributed by atoms with Crippen LogP contribution in [0.15, 0.2) is 42.2 Å². The van der Waals surface area contributed by atoms with Crippen molar-refractivity contribution >= 4 is 0 Å². The second kappa shape index (κ2) is 3.63. The summed E-state index contributed by atoms with van der Waals surface area (Å²) in [5.74, 6) is 1.15. The van der Waals surface area contributed by atoms with Crippen LogP contribution < -0.4 is 0 Å². The number of nitrogens with zero attached hydrogens (tertiary/aromatic N) is 1. The Morgan fingerprint density at radius 3 is 2.69 bits per heavy atom. The van der Waals surface area contributed by atoms with Crippen LogP contribution in [0, 0.1) is 5.92 Å². The van der Waals surface area contributed by atoms with Gasteiger partial charge in [-0.2, -0.15) is 0 Å². The predicted octanol–water partition coefficient (Wildman–Crippen LogP) is 2.89. The van der Waals surface area contributed by atoms with Gasteiger partial charge in [0.2, 0.25) is 0 Å². The third-order valence-electron chi connectivity index (χ3n) is 3.90. The quantitative estimate of drug-likeness (QED) is 0.820. The third-order valence-corrected chi connectivity index (χ3v) is 3.90. The summed E-state index contributed by atoms with van der Waals surface area (Å²) in [7, 11) is 0. The summed E-state index contributed by atoms with van der Waals surface area (Å²) >= 11 is 0. The topological polar surface area (TPSA) is 23.5 Å². The molecule has 1 aromatic rings. The zero-order valence-corrected chi connectivity index (χ0v) is 9.50. The van der Waals surface area contributed by atoms with Gasteiger partial charge in [0.1, 0.15) is 5.76 Å². The van der Waals surface area contributed by atoms with Gasteiger partial charge in [0.05, 0.1) is 6.04 Å². The first-order chi connectivity index (χ1) is 7.75. The minimum atomic E-state index is 0.264. The standard InChI is InChI=1S/C14H17NO/c1-10(12-5-3-2-4-6-12)15-9-11-7-13(15)14(16)8-11/h2-6,8,10-11,13,16H,7,9H2,1H3/t10-,11-,13+/m1/s1. The van der Waals surface area contributed by atoms with Crippen molar-refractivity contribution in [3.8, 4) is 0 Å². The van der Waals surface area contributed by atoms with Crippen molar-refractivity contribution in [2.24, 2.45) is 5.92 Å². The molecule has 16 heavy (non-hydrogen) atoms. The molecule has 2 bridgehead atoms. The molecule has 2 aliphatic rings. The van der Waals surface area contributed by atoms with E-state index >= 15 is 0 Å². The molecule has 84 valence electrons. The van der Waals surface area contributed by atoms with Crippen molar-refractivity contribution in [3.63, 3.8) is 0 Å². The fraction of sp³-hybridized carbons (Fsp3) is 0.429. The molecule has 1 aliphatic heterocycles. The van der Waals surface area contributed by atoms with Crippen LogP contribution in [-0.4, -0.2) is 22.6 Å². The molecule has 3 atom stereocenters. The maximum atomic E-state index is 9.81. The molecule has 0 saturated carbocycles. The normalized spacial score (nSPS) is 30.4. The van der Waals surface area contributed by atoms with Crippen molar-refractivity contribution in [3.05, 3.63) is 47.7 Å². The zero-order chi connectivity index (χ0) is 11.1. The monoisotopic (exact) mass is 215 g/mol. The van der Waals surface area contributed by atoms with E-state index in [-0.39, 0.29) is 6.04 Å². The van der Waals surface area contributed by atoms with E-state index in [0.29, 0.717) is 17.7 Å². The molecule has 2 nitrogen and oxygen atoms in total. The smallest absolute Gasteiger partial charge is 0.106 e. The highest BCUT2D eigenvalue weighted by Crippen LogP contribution is 2.40. The number of rotatable bonds is 2. The molecule has 0 spiro atoms. The van der Waals surface area contributed by atoms with Gasteiger partial charge in [-0.05, 0) is 30.9 Å². The fourth-order valence-electron chi connectivity index (χ4n) is 3.01. The van der Waals surface area contributed by atoms with Crippen molar-refractivity contribution < 1.29 is 5.11 Å². The van der Waals surface area contributed by atoms with Crippen LogP contribution in [0.5, 0.6) is 0 Å². The second-order valence-corrected chi connectivity index (χ2v) is 4.89. The van der Waals surface area contributed by atoms with Gasteiger partial charge < -0.3 is 5.11 Å². The van der Waals surface area contributed by atoms with Crippen LogP contribution in [0.3, 0.4) is 0 Å².